The van der Waals surface area contributed by atoms with Crippen LogP contribution in [0, 0.1) is 0 Å². The van der Waals surface area contributed by atoms with Gasteiger partial charge in [-0.15, -0.1) is 0 Å². The second kappa shape index (κ2) is 11.0. The summed E-state index contributed by atoms with van der Waals surface area (Å²) in [5, 5.41) is 0. The van der Waals surface area contributed by atoms with Crippen LogP contribution in [0.15, 0.2) is 78.9 Å². The number of nitrogens with zero attached hydrogens (tertiary/aromatic N) is 1. The van der Waals surface area contributed by atoms with Crippen molar-refractivity contribution in [3.63, 3.8) is 0 Å². The smallest absolute Gasteiger partial charge is 0.305 e. The Morgan fingerprint density at radius 2 is 1.00 bits per heavy atom. The number of carbonyl (C=O) groups excluding carboxylic acids is 2. The Morgan fingerprint density at radius 3 is 1.39 bits per heavy atom. The minimum absolute atomic E-state index is 0.206. The molecule has 160 valence electrons. The van der Waals surface area contributed by atoms with E-state index in [9.17, 15) is 9.59 Å². The highest BCUT2D eigenvalue weighted by Gasteiger charge is 2.13. The third-order valence-electron chi connectivity index (χ3n) is 5.09. The van der Waals surface area contributed by atoms with Crippen molar-refractivity contribution in [3.8, 4) is 0 Å². The van der Waals surface area contributed by atoms with Crippen LogP contribution < -0.4 is 4.90 Å². The summed E-state index contributed by atoms with van der Waals surface area (Å²) in [6.45, 7) is 0. The average molecular weight is 418 g/mol. The first-order chi connectivity index (χ1) is 15.1. The highest BCUT2D eigenvalue weighted by molar-refractivity contribution is 5.76. The first kappa shape index (κ1) is 22.1. The molecule has 0 saturated carbocycles. The van der Waals surface area contributed by atoms with Gasteiger partial charge in [-0.05, 0) is 60.4 Å². The van der Waals surface area contributed by atoms with Gasteiger partial charge in [-0.25, -0.2) is 0 Å². The Labute approximate surface area is 183 Å². The standard InChI is InChI=1S/C26H27NO4/c1-30-25(28)18-12-20-8-14-23(15-9-20)27(22-6-4-3-5-7-22)24-16-10-21(11-17-24)13-19-26(29)31-2/h3-11,14-17H,12-13,18-19H2,1-2H3. The summed E-state index contributed by atoms with van der Waals surface area (Å²) in [7, 11) is 2.81. The molecule has 0 amide bonds. The average Bonchev–Trinajstić information content (AvgIpc) is 2.83. The van der Waals surface area contributed by atoms with Gasteiger partial charge in [0, 0.05) is 29.9 Å². The van der Waals surface area contributed by atoms with Crippen molar-refractivity contribution in [1.82, 2.24) is 0 Å². The molecular formula is C26H27NO4. The number of hydrogen-bond acceptors (Lipinski definition) is 5. The molecule has 0 aromatic heterocycles. The van der Waals surface area contributed by atoms with Crippen LogP contribution in [0.4, 0.5) is 17.1 Å². The lowest BCUT2D eigenvalue weighted by Crippen LogP contribution is -2.10. The van der Waals surface area contributed by atoms with Crippen LogP contribution in [0.5, 0.6) is 0 Å². The number of carbonyl (C=O) groups is 2. The van der Waals surface area contributed by atoms with Gasteiger partial charge < -0.3 is 14.4 Å². The molecule has 3 aromatic rings. The fourth-order valence-corrected chi connectivity index (χ4v) is 3.34. The summed E-state index contributed by atoms with van der Waals surface area (Å²) >= 11 is 0. The maximum absolute atomic E-state index is 11.4. The second-order valence-corrected chi connectivity index (χ2v) is 7.16. The molecule has 0 atom stereocenters. The van der Waals surface area contributed by atoms with E-state index in [0.29, 0.717) is 25.7 Å². The Kier molecular flexibility index (Phi) is 7.82. The van der Waals surface area contributed by atoms with Crippen LogP contribution in [0.25, 0.3) is 0 Å². The number of methoxy groups -OCH3 is 2. The Morgan fingerprint density at radius 1 is 0.613 bits per heavy atom. The third-order valence-corrected chi connectivity index (χ3v) is 5.09. The Bertz CT molecular complexity index is 919. The molecule has 0 heterocycles. The molecule has 31 heavy (non-hydrogen) atoms. The highest BCUT2D eigenvalue weighted by Crippen LogP contribution is 2.34. The molecule has 5 heteroatoms. The minimum atomic E-state index is -0.206. The minimum Gasteiger partial charge on any atom is -0.469 e. The zero-order chi connectivity index (χ0) is 22.1. The predicted octanol–water partition coefficient (Wildman–Crippen LogP) is 5.37. The third kappa shape index (κ3) is 6.19. The van der Waals surface area contributed by atoms with Gasteiger partial charge in [0.25, 0.3) is 0 Å². The van der Waals surface area contributed by atoms with Crippen LogP contribution >= 0.6 is 0 Å². The van der Waals surface area contributed by atoms with Crippen molar-refractivity contribution in [1.29, 1.82) is 0 Å². The van der Waals surface area contributed by atoms with E-state index in [2.05, 4.69) is 41.3 Å². The van der Waals surface area contributed by atoms with Crippen molar-refractivity contribution in [2.24, 2.45) is 0 Å². The largest absolute Gasteiger partial charge is 0.469 e. The van der Waals surface area contributed by atoms with E-state index in [0.717, 1.165) is 28.2 Å². The van der Waals surface area contributed by atoms with E-state index in [1.54, 1.807) is 0 Å². The van der Waals surface area contributed by atoms with Crippen LogP contribution in [0.2, 0.25) is 0 Å². The monoisotopic (exact) mass is 417 g/mol. The molecule has 0 saturated heterocycles. The van der Waals surface area contributed by atoms with Gasteiger partial charge in [-0.1, -0.05) is 42.5 Å². The lowest BCUT2D eigenvalue weighted by Gasteiger charge is -2.26. The van der Waals surface area contributed by atoms with E-state index in [1.165, 1.54) is 14.2 Å². The van der Waals surface area contributed by atoms with E-state index in [-0.39, 0.29) is 11.9 Å². The normalized spacial score (nSPS) is 10.4. The predicted molar refractivity (Wildman–Crippen MR) is 122 cm³/mol. The Balaban J connectivity index is 1.82. The number of aryl methyl sites for hydroxylation is 2. The number of hydrogen-bond donors (Lipinski definition) is 0. The molecule has 5 nitrogen and oxygen atoms in total. The van der Waals surface area contributed by atoms with E-state index in [4.69, 9.17) is 9.47 Å². The maximum Gasteiger partial charge on any atom is 0.305 e. The van der Waals surface area contributed by atoms with Crippen LogP contribution in [-0.2, 0) is 31.9 Å². The van der Waals surface area contributed by atoms with Crippen LogP contribution in [-0.4, -0.2) is 26.2 Å². The van der Waals surface area contributed by atoms with Gasteiger partial charge in [0.2, 0.25) is 0 Å². The van der Waals surface area contributed by atoms with E-state index < -0.39 is 0 Å². The van der Waals surface area contributed by atoms with Gasteiger partial charge in [0.1, 0.15) is 0 Å². The zero-order valence-corrected chi connectivity index (χ0v) is 17.9. The molecule has 0 aliphatic heterocycles. The Hall–Kier alpha value is -3.60. The zero-order valence-electron chi connectivity index (χ0n) is 17.9. The molecule has 0 N–H and O–H groups in total. The van der Waals surface area contributed by atoms with Crippen molar-refractivity contribution in [3.05, 3.63) is 90.0 Å². The van der Waals surface area contributed by atoms with Gasteiger partial charge in [-0.3, -0.25) is 9.59 Å². The SMILES string of the molecule is COC(=O)CCc1ccc(N(c2ccccc2)c2ccc(CCC(=O)OC)cc2)cc1. The molecular weight excluding hydrogens is 390 g/mol. The molecule has 0 radical (unpaired) electrons. The molecule has 0 spiro atoms. The summed E-state index contributed by atoms with van der Waals surface area (Å²) in [5.74, 6) is -0.412. The molecule has 0 aliphatic carbocycles. The van der Waals surface area contributed by atoms with Crippen molar-refractivity contribution in [2.45, 2.75) is 25.7 Å². The van der Waals surface area contributed by atoms with Gasteiger partial charge in [-0.2, -0.15) is 0 Å². The van der Waals surface area contributed by atoms with Crippen LogP contribution in [0.3, 0.4) is 0 Å². The van der Waals surface area contributed by atoms with E-state index in [1.807, 2.05) is 42.5 Å². The summed E-state index contributed by atoms with van der Waals surface area (Å²) < 4.78 is 9.45. The lowest BCUT2D eigenvalue weighted by atomic mass is 10.1. The summed E-state index contributed by atoms with van der Waals surface area (Å²) in [6, 6.07) is 26.6. The summed E-state index contributed by atoms with van der Waals surface area (Å²) in [5.41, 5.74) is 5.26. The first-order valence-electron chi connectivity index (χ1n) is 10.3. The van der Waals surface area contributed by atoms with Crippen molar-refractivity contribution in [2.75, 3.05) is 19.1 Å². The fraction of sp³-hybridized carbons (Fsp3) is 0.231. The number of ether oxygens (including phenoxy) is 2. The number of esters is 2. The first-order valence-corrected chi connectivity index (χ1v) is 10.3. The molecule has 0 bridgehead atoms. The van der Waals surface area contributed by atoms with E-state index >= 15 is 0 Å². The number of anilines is 3. The lowest BCUT2D eigenvalue weighted by molar-refractivity contribution is -0.141. The van der Waals surface area contributed by atoms with Crippen LogP contribution in [0.1, 0.15) is 24.0 Å². The molecule has 0 unspecified atom stereocenters. The molecule has 0 fully saturated rings. The maximum atomic E-state index is 11.4. The van der Waals surface area contributed by atoms with Gasteiger partial charge in [0.05, 0.1) is 14.2 Å². The fourth-order valence-electron chi connectivity index (χ4n) is 3.34. The second-order valence-electron chi connectivity index (χ2n) is 7.16. The topological polar surface area (TPSA) is 55.8 Å². The van der Waals surface area contributed by atoms with Gasteiger partial charge in [0.15, 0.2) is 0 Å². The van der Waals surface area contributed by atoms with Gasteiger partial charge >= 0.3 is 11.9 Å². The molecule has 0 aliphatic rings. The molecule has 3 rings (SSSR count). The quantitative estimate of drug-likeness (QED) is 0.438. The van der Waals surface area contributed by atoms with Crippen molar-refractivity contribution < 1.29 is 19.1 Å². The summed E-state index contributed by atoms with van der Waals surface area (Å²) in [6.07, 6.45) is 2.02. The number of para-hydroxylation sites is 1. The number of rotatable bonds is 9. The van der Waals surface area contributed by atoms with Crippen molar-refractivity contribution >= 4 is 29.0 Å². The molecule has 3 aromatic carbocycles. The summed E-state index contributed by atoms with van der Waals surface area (Å²) in [4.78, 5) is 25.0. The number of benzene rings is 3. The highest BCUT2D eigenvalue weighted by atomic mass is 16.5.